The molecule has 4 heteroatoms. The summed E-state index contributed by atoms with van der Waals surface area (Å²) in [5.41, 5.74) is 1.11. The molecule has 17 heavy (non-hydrogen) atoms. The highest BCUT2D eigenvalue weighted by Gasteiger charge is 2.23. The van der Waals surface area contributed by atoms with Crippen LogP contribution in [-0.2, 0) is 5.41 Å². The number of hydrogen-bond acceptors (Lipinski definition) is 3. The van der Waals surface area contributed by atoms with E-state index in [2.05, 4.69) is 11.1 Å². The van der Waals surface area contributed by atoms with E-state index in [1.54, 1.807) is 6.08 Å². The van der Waals surface area contributed by atoms with Crippen LogP contribution in [0.4, 0.5) is 4.39 Å². The van der Waals surface area contributed by atoms with E-state index in [0.717, 1.165) is 16.3 Å². The maximum absolute atomic E-state index is 12.6. The van der Waals surface area contributed by atoms with E-state index in [4.69, 9.17) is 5.26 Å². The summed E-state index contributed by atoms with van der Waals surface area (Å²) < 4.78 is 12.6. The molecule has 1 rings (SSSR count). The van der Waals surface area contributed by atoms with Crippen LogP contribution in [0.1, 0.15) is 38.4 Å². The number of nitriles is 1. The molecule has 90 valence electrons. The van der Waals surface area contributed by atoms with Crippen molar-refractivity contribution in [2.24, 2.45) is 0 Å². The molecule has 0 spiro atoms. The van der Waals surface area contributed by atoms with Gasteiger partial charge in [-0.05, 0) is 39.3 Å². The number of hydrogen-bond donors (Lipinski definition) is 0. The fraction of sp³-hybridized carbons (Fsp3) is 0.385. The second-order valence-electron chi connectivity index (χ2n) is 4.38. The third kappa shape index (κ3) is 3.50. The summed E-state index contributed by atoms with van der Waals surface area (Å²) in [6, 6.07) is 2.22. The molecule has 0 aliphatic heterocycles. The van der Waals surface area contributed by atoms with Crippen molar-refractivity contribution in [2.75, 3.05) is 0 Å². The molecule has 1 aromatic heterocycles. The van der Waals surface area contributed by atoms with Crippen molar-refractivity contribution in [3.63, 3.8) is 0 Å². The van der Waals surface area contributed by atoms with Crippen molar-refractivity contribution in [3.05, 3.63) is 34.1 Å². The number of aromatic nitrogens is 1. The lowest BCUT2D eigenvalue weighted by atomic mass is 9.97. The Balaban J connectivity index is 3.01. The standard InChI is InChI=1S/C13H15FN2S/c1-9(5-6-10(2)14)11-7-17-12(16-11)13(3,4)8-15/h5-7H,1-4H3/b9-5+,10-6+. The Labute approximate surface area is 105 Å². The van der Waals surface area contributed by atoms with E-state index in [-0.39, 0.29) is 5.83 Å². The first kappa shape index (κ1) is 13.6. The van der Waals surface area contributed by atoms with Crippen LogP contribution in [-0.4, -0.2) is 4.98 Å². The zero-order valence-corrected chi connectivity index (χ0v) is 11.2. The predicted octanol–water partition coefficient (Wildman–Crippen LogP) is 4.22. The van der Waals surface area contributed by atoms with Crippen LogP contribution in [0.5, 0.6) is 0 Å². The molecule has 0 aromatic carbocycles. The lowest BCUT2D eigenvalue weighted by Crippen LogP contribution is -2.13. The predicted molar refractivity (Wildman–Crippen MR) is 69.3 cm³/mol. The van der Waals surface area contributed by atoms with Gasteiger partial charge in [-0.25, -0.2) is 9.37 Å². The third-order valence-corrected chi connectivity index (χ3v) is 3.45. The van der Waals surface area contributed by atoms with E-state index < -0.39 is 5.41 Å². The van der Waals surface area contributed by atoms with E-state index in [1.807, 2.05) is 26.2 Å². The summed E-state index contributed by atoms with van der Waals surface area (Å²) >= 11 is 1.45. The largest absolute Gasteiger partial charge is 0.240 e. The highest BCUT2D eigenvalue weighted by Crippen LogP contribution is 2.27. The zero-order valence-electron chi connectivity index (χ0n) is 10.4. The van der Waals surface area contributed by atoms with Crippen LogP contribution < -0.4 is 0 Å². The maximum atomic E-state index is 12.6. The number of nitrogens with zero attached hydrogens (tertiary/aromatic N) is 2. The van der Waals surface area contributed by atoms with E-state index >= 15 is 0 Å². The molecule has 0 unspecified atom stereocenters. The lowest BCUT2D eigenvalue weighted by Gasteiger charge is -2.09. The maximum Gasteiger partial charge on any atom is 0.113 e. The minimum Gasteiger partial charge on any atom is -0.240 e. The molecule has 0 amide bonds. The van der Waals surface area contributed by atoms with Gasteiger partial charge in [-0.1, -0.05) is 6.08 Å². The topological polar surface area (TPSA) is 36.7 Å². The Kier molecular flexibility index (Phi) is 4.19. The minimum absolute atomic E-state index is 0.239. The van der Waals surface area contributed by atoms with E-state index in [1.165, 1.54) is 24.3 Å². The Bertz CT molecular complexity index is 500. The molecule has 1 heterocycles. The SMILES string of the molecule is C/C(F)=C\C=C(/C)c1csc(C(C)(C)C#N)n1. The first-order valence-corrected chi connectivity index (χ1v) is 6.13. The summed E-state index contributed by atoms with van der Waals surface area (Å²) in [6.07, 6.45) is 3.09. The first-order valence-electron chi connectivity index (χ1n) is 5.25. The highest BCUT2D eigenvalue weighted by atomic mass is 32.1. The zero-order chi connectivity index (χ0) is 13.1. The molecule has 0 N–H and O–H groups in total. The van der Waals surface area contributed by atoms with Gasteiger partial charge in [0.05, 0.1) is 17.6 Å². The molecule has 0 aliphatic rings. The quantitative estimate of drug-likeness (QED) is 0.753. The second kappa shape index (κ2) is 5.24. The van der Waals surface area contributed by atoms with Crippen molar-refractivity contribution in [1.82, 2.24) is 4.98 Å². The average molecular weight is 250 g/mol. The van der Waals surface area contributed by atoms with Crippen molar-refractivity contribution < 1.29 is 4.39 Å². The summed E-state index contributed by atoms with van der Waals surface area (Å²) in [7, 11) is 0. The minimum atomic E-state index is -0.574. The van der Waals surface area contributed by atoms with Gasteiger partial charge in [0, 0.05) is 5.38 Å². The first-order chi connectivity index (χ1) is 7.86. The van der Waals surface area contributed by atoms with Gasteiger partial charge in [0.1, 0.15) is 10.4 Å². The van der Waals surface area contributed by atoms with Gasteiger partial charge in [0.25, 0.3) is 0 Å². The second-order valence-corrected chi connectivity index (χ2v) is 5.24. The normalized spacial score (nSPS) is 13.6. The summed E-state index contributed by atoms with van der Waals surface area (Å²) in [5, 5.41) is 11.7. The van der Waals surface area contributed by atoms with Crippen molar-refractivity contribution in [1.29, 1.82) is 5.26 Å². The number of rotatable bonds is 3. The fourth-order valence-electron chi connectivity index (χ4n) is 1.11. The smallest absolute Gasteiger partial charge is 0.113 e. The van der Waals surface area contributed by atoms with Gasteiger partial charge in [0.2, 0.25) is 0 Å². The molecule has 0 saturated heterocycles. The molecule has 0 fully saturated rings. The van der Waals surface area contributed by atoms with Gasteiger partial charge in [-0.3, -0.25) is 0 Å². The highest BCUT2D eigenvalue weighted by molar-refractivity contribution is 7.10. The number of thiazole rings is 1. The number of halogens is 1. The van der Waals surface area contributed by atoms with Crippen LogP contribution >= 0.6 is 11.3 Å². The molecule has 0 bridgehead atoms. The number of allylic oxidation sites excluding steroid dienone is 4. The van der Waals surface area contributed by atoms with Gasteiger partial charge in [-0.15, -0.1) is 11.3 Å². The van der Waals surface area contributed by atoms with Crippen molar-refractivity contribution in [2.45, 2.75) is 33.1 Å². The summed E-state index contributed by atoms with van der Waals surface area (Å²) in [4.78, 5) is 4.41. The van der Waals surface area contributed by atoms with Crippen molar-refractivity contribution in [3.8, 4) is 6.07 Å². The van der Waals surface area contributed by atoms with Gasteiger partial charge in [0.15, 0.2) is 0 Å². The molecule has 1 aromatic rings. The Morgan fingerprint density at radius 3 is 2.65 bits per heavy atom. The summed E-state index contributed by atoms with van der Waals surface area (Å²) in [5.74, 6) is -0.239. The molecule has 0 saturated carbocycles. The molecule has 2 nitrogen and oxygen atoms in total. The van der Waals surface area contributed by atoms with Crippen LogP contribution in [0.25, 0.3) is 5.57 Å². The van der Waals surface area contributed by atoms with Crippen LogP contribution in [0.2, 0.25) is 0 Å². The average Bonchev–Trinajstić information content (AvgIpc) is 2.75. The van der Waals surface area contributed by atoms with Gasteiger partial charge >= 0.3 is 0 Å². The fourth-order valence-corrected chi connectivity index (χ4v) is 2.07. The molecule has 0 aliphatic carbocycles. The van der Waals surface area contributed by atoms with Crippen LogP contribution in [0.3, 0.4) is 0 Å². The Hall–Kier alpha value is -1.47. The van der Waals surface area contributed by atoms with Gasteiger partial charge < -0.3 is 0 Å². The van der Waals surface area contributed by atoms with E-state index in [0.29, 0.717) is 0 Å². The van der Waals surface area contributed by atoms with Crippen LogP contribution in [0.15, 0.2) is 23.4 Å². The summed E-state index contributed by atoms with van der Waals surface area (Å²) in [6.45, 7) is 6.94. The monoisotopic (exact) mass is 250 g/mol. The van der Waals surface area contributed by atoms with Crippen molar-refractivity contribution >= 4 is 16.9 Å². The molecule has 0 radical (unpaired) electrons. The molecular formula is C13H15FN2S. The molecular weight excluding hydrogens is 235 g/mol. The Morgan fingerprint density at radius 2 is 2.12 bits per heavy atom. The van der Waals surface area contributed by atoms with Gasteiger partial charge in [-0.2, -0.15) is 5.26 Å². The third-order valence-electron chi connectivity index (χ3n) is 2.29. The molecule has 0 atom stereocenters. The Morgan fingerprint density at radius 1 is 1.47 bits per heavy atom. The lowest BCUT2D eigenvalue weighted by molar-refractivity contribution is 0.640. The van der Waals surface area contributed by atoms with Crippen LogP contribution in [0, 0.1) is 11.3 Å². The van der Waals surface area contributed by atoms with E-state index in [9.17, 15) is 4.39 Å².